The first-order valence-corrected chi connectivity index (χ1v) is 8.16. The lowest BCUT2D eigenvalue weighted by Crippen LogP contribution is -2.32. The summed E-state index contributed by atoms with van der Waals surface area (Å²) in [5.74, 6) is -0.270. The molecule has 0 atom stereocenters. The SMILES string of the molecule is COc1ccccc1OCCNC(=O)COC(=O)c1ccc([N+](=O)[O-])cc1N. The third-order valence-electron chi connectivity index (χ3n) is 3.55. The van der Waals surface area contributed by atoms with Gasteiger partial charge in [-0.25, -0.2) is 4.79 Å². The fourth-order valence-electron chi connectivity index (χ4n) is 2.20. The van der Waals surface area contributed by atoms with Crippen molar-refractivity contribution in [3.63, 3.8) is 0 Å². The number of ether oxygens (including phenoxy) is 3. The number of anilines is 1. The Labute approximate surface area is 160 Å². The summed E-state index contributed by atoms with van der Waals surface area (Å²) in [4.78, 5) is 33.7. The minimum atomic E-state index is -0.854. The molecule has 0 aromatic heterocycles. The summed E-state index contributed by atoms with van der Waals surface area (Å²) in [6.45, 7) is -0.145. The molecule has 0 unspecified atom stereocenters. The molecule has 0 aliphatic heterocycles. The van der Waals surface area contributed by atoms with Crippen LogP contribution in [0.3, 0.4) is 0 Å². The van der Waals surface area contributed by atoms with Gasteiger partial charge in [-0.3, -0.25) is 14.9 Å². The molecule has 0 aliphatic rings. The minimum Gasteiger partial charge on any atom is -0.493 e. The Balaban J connectivity index is 1.75. The third kappa shape index (κ3) is 5.59. The number of methoxy groups -OCH3 is 1. The fraction of sp³-hybridized carbons (Fsp3) is 0.222. The molecular formula is C18H19N3O7. The maximum absolute atomic E-state index is 11.9. The van der Waals surface area contributed by atoms with Gasteiger partial charge in [0, 0.05) is 12.1 Å². The van der Waals surface area contributed by atoms with E-state index in [1.807, 2.05) is 0 Å². The molecule has 148 valence electrons. The summed E-state index contributed by atoms with van der Waals surface area (Å²) in [5.41, 5.74) is 5.20. The number of esters is 1. The minimum absolute atomic E-state index is 0.0575. The molecular weight excluding hydrogens is 370 g/mol. The molecule has 2 rings (SSSR count). The second kappa shape index (κ2) is 9.76. The maximum atomic E-state index is 11.9. The van der Waals surface area contributed by atoms with Gasteiger partial charge in [-0.1, -0.05) is 12.1 Å². The first kappa shape index (κ1) is 20.5. The van der Waals surface area contributed by atoms with E-state index in [-0.39, 0.29) is 30.1 Å². The standard InChI is InChI=1S/C18H19N3O7/c1-26-15-4-2-3-5-16(15)27-9-8-20-17(22)11-28-18(23)13-7-6-12(21(24)25)10-14(13)19/h2-7,10H,8-9,11,19H2,1H3,(H,20,22). The first-order valence-electron chi connectivity index (χ1n) is 8.16. The van der Waals surface area contributed by atoms with Crippen LogP contribution in [0.1, 0.15) is 10.4 Å². The van der Waals surface area contributed by atoms with E-state index in [1.165, 1.54) is 13.2 Å². The average molecular weight is 389 g/mol. The molecule has 1 amide bonds. The van der Waals surface area contributed by atoms with Crippen LogP contribution < -0.4 is 20.5 Å². The van der Waals surface area contributed by atoms with Crippen LogP contribution in [0.5, 0.6) is 11.5 Å². The van der Waals surface area contributed by atoms with E-state index in [1.54, 1.807) is 24.3 Å². The van der Waals surface area contributed by atoms with Gasteiger partial charge in [0.2, 0.25) is 0 Å². The topological polar surface area (TPSA) is 143 Å². The van der Waals surface area contributed by atoms with Crippen molar-refractivity contribution in [1.82, 2.24) is 5.32 Å². The molecule has 0 bridgehead atoms. The molecule has 28 heavy (non-hydrogen) atoms. The molecule has 0 radical (unpaired) electrons. The molecule has 10 heteroatoms. The maximum Gasteiger partial charge on any atom is 0.340 e. The van der Waals surface area contributed by atoms with Gasteiger partial charge >= 0.3 is 5.97 Å². The predicted octanol–water partition coefficient (Wildman–Crippen LogP) is 1.54. The van der Waals surface area contributed by atoms with Crippen molar-refractivity contribution in [2.45, 2.75) is 0 Å². The molecule has 2 aromatic carbocycles. The van der Waals surface area contributed by atoms with Gasteiger partial charge in [0.05, 0.1) is 29.8 Å². The van der Waals surface area contributed by atoms with Crippen LogP contribution in [-0.2, 0) is 9.53 Å². The quantitative estimate of drug-likeness (QED) is 0.216. The van der Waals surface area contributed by atoms with Gasteiger partial charge in [-0.15, -0.1) is 0 Å². The first-order chi connectivity index (χ1) is 13.4. The summed E-state index contributed by atoms with van der Waals surface area (Å²) in [6.07, 6.45) is 0. The Bertz CT molecular complexity index is 870. The number of non-ortho nitro benzene ring substituents is 1. The number of nitrogens with two attached hydrogens (primary N) is 1. The number of hydrogen-bond acceptors (Lipinski definition) is 8. The second-order valence-corrected chi connectivity index (χ2v) is 5.45. The van der Waals surface area contributed by atoms with Crippen molar-refractivity contribution in [3.05, 3.63) is 58.1 Å². The van der Waals surface area contributed by atoms with Crippen LogP contribution in [0.2, 0.25) is 0 Å². The van der Waals surface area contributed by atoms with Crippen molar-refractivity contribution < 1.29 is 28.7 Å². The molecule has 0 aliphatic carbocycles. The Hall–Kier alpha value is -3.82. The number of carbonyl (C=O) groups is 2. The number of benzene rings is 2. The molecule has 0 heterocycles. The predicted molar refractivity (Wildman–Crippen MR) is 99.3 cm³/mol. The Morgan fingerprint density at radius 1 is 1.18 bits per heavy atom. The van der Waals surface area contributed by atoms with E-state index >= 15 is 0 Å². The van der Waals surface area contributed by atoms with Gasteiger partial charge < -0.3 is 25.3 Å². The number of amides is 1. The number of carbonyl (C=O) groups excluding carboxylic acids is 2. The van der Waals surface area contributed by atoms with Gasteiger partial charge in [-0.2, -0.15) is 0 Å². The highest BCUT2D eigenvalue weighted by atomic mass is 16.6. The number of para-hydroxylation sites is 2. The summed E-state index contributed by atoms with van der Waals surface area (Å²) < 4.78 is 15.5. The van der Waals surface area contributed by atoms with Crippen LogP contribution >= 0.6 is 0 Å². The van der Waals surface area contributed by atoms with Crippen LogP contribution in [0.4, 0.5) is 11.4 Å². The van der Waals surface area contributed by atoms with E-state index in [9.17, 15) is 19.7 Å². The molecule has 0 saturated carbocycles. The average Bonchev–Trinajstić information content (AvgIpc) is 2.69. The Morgan fingerprint density at radius 2 is 1.89 bits per heavy atom. The highest BCUT2D eigenvalue weighted by Gasteiger charge is 2.16. The summed E-state index contributed by atoms with van der Waals surface area (Å²) in [7, 11) is 1.52. The lowest BCUT2D eigenvalue weighted by molar-refractivity contribution is -0.384. The zero-order valence-corrected chi connectivity index (χ0v) is 15.0. The number of rotatable bonds is 9. The zero-order valence-electron chi connectivity index (χ0n) is 15.0. The Kier molecular flexibility index (Phi) is 7.14. The van der Waals surface area contributed by atoms with E-state index in [0.29, 0.717) is 11.5 Å². The van der Waals surface area contributed by atoms with Crippen molar-refractivity contribution in [2.24, 2.45) is 0 Å². The number of nitrogen functional groups attached to an aromatic ring is 1. The van der Waals surface area contributed by atoms with Gasteiger partial charge in [0.25, 0.3) is 11.6 Å². The smallest absolute Gasteiger partial charge is 0.340 e. The normalized spacial score (nSPS) is 10.0. The van der Waals surface area contributed by atoms with Crippen LogP contribution in [-0.4, -0.2) is 43.7 Å². The monoisotopic (exact) mass is 389 g/mol. The van der Waals surface area contributed by atoms with Gasteiger partial charge in [0.15, 0.2) is 18.1 Å². The number of nitrogens with one attached hydrogen (secondary N) is 1. The number of nitro benzene ring substituents is 1. The van der Waals surface area contributed by atoms with Crippen molar-refractivity contribution in [2.75, 3.05) is 32.6 Å². The van der Waals surface area contributed by atoms with Gasteiger partial charge in [-0.05, 0) is 18.2 Å². The summed E-state index contributed by atoms with van der Waals surface area (Å²) in [6, 6.07) is 10.4. The fourth-order valence-corrected chi connectivity index (χ4v) is 2.20. The van der Waals surface area contributed by atoms with E-state index in [4.69, 9.17) is 19.9 Å². The highest BCUT2D eigenvalue weighted by Crippen LogP contribution is 2.25. The number of nitro groups is 1. The molecule has 3 N–H and O–H groups in total. The van der Waals surface area contributed by atoms with Crippen LogP contribution in [0.15, 0.2) is 42.5 Å². The third-order valence-corrected chi connectivity index (χ3v) is 3.55. The summed E-state index contributed by atoms with van der Waals surface area (Å²) in [5, 5.41) is 13.2. The molecule has 2 aromatic rings. The molecule has 10 nitrogen and oxygen atoms in total. The Morgan fingerprint density at radius 3 is 2.54 bits per heavy atom. The lowest BCUT2D eigenvalue weighted by Gasteiger charge is -2.11. The van der Waals surface area contributed by atoms with E-state index in [0.717, 1.165) is 12.1 Å². The van der Waals surface area contributed by atoms with Crippen molar-refractivity contribution in [3.8, 4) is 11.5 Å². The second-order valence-electron chi connectivity index (χ2n) is 5.45. The number of nitrogens with zero attached hydrogens (tertiary/aromatic N) is 1. The number of hydrogen-bond donors (Lipinski definition) is 2. The summed E-state index contributed by atoms with van der Waals surface area (Å²) >= 11 is 0. The zero-order chi connectivity index (χ0) is 20.5. The lowest BCUT2D eigenvalue weighted by atomic mass is 10.1. The van der Waals surface area contributed by atoms with Crippen molar-refractivity contribution >= 4 is 23.3 Å². The van der Waals surface area contributed by atoms with Crippen molar-refractivity contribution in [1.29, 1.82) is 0 Å². The van der Waals surface area contributed by atoms with Crippen LogP contribution in [0.25, 0.3) is 0 Å². The molecule has 0 saturated heterocycles. The van der Waals surface area contributed by atoms with E-state index < -0.39 is 23.4 Å². The molecule has 0 fully saturated rings. The highest BCUT2D eigenvalue weighted by molar-refractivity contribution is 5.96. The van der Waals surface area contributed by atoms with Crippen LogP contribution in [0, 0.1) is 10.1 Å². The van der Waals surface area contributed by atoms with Gasteiger partial charge in [0.1, 0.15) is 6.61 Å². The van der Waals surface area contributed by atoms with E-state index in [2.05, 4.69) is 5.32 Å². The molecule has 0 spiro atoms. The largest absolute Gasteiger partial charge is 0.493 e.